The van der Waals surface area contributed by atoms with Crippen LogP contribution >= 0.6 is 23.2 Å². The van der Waals surface area contributed by atoms with Crippen molar-refractivity contribution in [2.24, 2.45) is 8.73 Å². The number of halogens is 2. The highest BCUT2D eigenvalue weighted by molar-refractivity contribution is 7.58. The Labute approximate surface area is 133 Å². The van der Waals surface area contributed by atoms with Crippen molar-refractivity contribution in [1.29, 1.82) is 0 Å². The minimum absolute atomic E-state index is 0.451. The van der Waals surface area contributed by atoms with E-state index >= 15 is 0 Å². The molecular formula is C12H9Cl2N5OS. The average Bonchev–Trinajstić information content (AvgIpc) is 3.06. The molecule has 9 heteroatoms. The number of benzene rings is 1. The second-order valence-corrected chi connectivity index (χ2v) is 6.02. The van der Waals surface area contributed by atoms with E-state index in [-0.39, 0.29) is 0 Å². The largest absolute Gasteiger partial charge is 0.382 e. The molecule has 21 heavy (non-hydrogen) atoms. The molecule has 0 unspecified atom stereocenters. The highest BCUT2D eigenvalue weighted by Gasteiger charge is 2.26. The van der Waals surface area contributed by atoms with Gasteiger partial charge in [0.05, 0.1) is 40.3 Å². The minimum Gasteiger partial charge on any atom is -0.382 e. The van der Waals surface area contributed by atoms with Crippen LogP contribution in [0.2, 0.25) is 10.0 Å². The molecule has 2 aliphatic rings. The number of rotatable bonds is 1. The number of nitrogens with zero attached hydrogens (tertiary/aromatic N) is 4. The predicted octanol–water partition coefficient (Wildman–Crippen LogP) is 3.56. The van der Waals surface area contributed by atoms with Gasteiger partial charge in [0, 0.05) is 12.0 Å². The van der Waals surface area contributed by atoms with Gasteiger partial charge in [0.25, 0.3) is 0 Å². The van der Waals surface area contributed by atoms with Gasteiger partial charge < -0.3 is 10.5 Å². The Hall–Kier alpha value is -1.41. The van der Waals surface area contributed by atoms with Gasteiger partial charge in [0.1, 0.15) is 17.1 Å². The standard InChI is InChI=1S/C12H9Cl2N5OS/c13-6-3-7(14)11(10-9(6)17-21-18-10)19-8-1-2-20-4-5(8)12(15)16-19/h3H,1-2,4H2,(H2,15,16). The third-order valence-electron chi connectivity index (χ3n) is 3.48. The highest BCUT2D eigenvalue weighted by Crippen LogP contribution is 2.47. The van der Waals surface area contributed by atoms with Crippen LogP contribution < -0.4 is 5.73 Å². The number of fused-ring (bicyclic) bond motifs is 2. The van der Waals surface area contributed by atoms with Crippen LogP contribution in [-0.4, -0.2) is 16.4 Å². The van der Waals surface area contributed by atoms with Gasteiger partial charge in [-0.15, -0.1) is 5.10 Å². The van der Waals surface area contributed by atoms with Crippen molar-refractivity contribution >= 4 is 51.7 Å². The molecule has 0 saturated carbocycles. The summed E-state index contributed by atoms with van der Waals surface area (Å²) in [7, 11) is 0. The number of ether oxygens (including phenoxy) is 1. The maximum atomic E-state index is 6.37. The molecule has 0 spiro atoms. The molecule has 108 valence electrons. The molecule has 6 nitrogen and oxygen atoms in total. The zero-order chi connectivity index (χ0) is 14.6. The van der Waals surface area contributed by atoms with Crippen molar-refractivity contribution in [2.75, 3.05) is 12.3 Å². The summed E-state index contributed by atoms with van der Waals surface area (Å²) >= 11 is 13.6. The lowest BCUT2D eigenvalue weighted by Gasteiger charge is -2.16. The van der Waals surface area contributed by atoms with Crippen LogP contribution in [0.15, 0.2) is 14.8 Å². The van der Waals surface area contributed by atoms with Crippen molar-refractivity contribution < 1.29 is 4.74 Å². The number of hydrogen-bond acceptors (Lipinski definition) is 5. The summed E-state index contributed by atoms with van der Waals surface area (Å²) in [6.45, 7) is 1.09. The van der Waals surface area contributed by atoms with E-state index in [0.29, 0.717) is 46.1 Å². The van der Waals surface area contributed by atoms with E-state index < -0.39 is 0 Å². The molecule has 0 aliphatic carbocycles. The third-order valence-corrected chi connectivity index (χ3v) is 4.59. The number of anilines is 1. The molecule has 2 aromatic rings. The summed E-state index contributed by atoms with van der Waals surface area (Å²) in [5, 5.41) is 5.35. The Morgan fingerprint density at radius 3 is 2.90 bits per heavy atom. The molecule has 3 heterocycles. The van der Waals surface area contributed by atoms with Gasteiger partial charge in [-0.05, 0) is 6.07 Å². The summed E-state index contributed by atoms with van der Waals surface area (Å²) in [5.41, 5.74) is 9.81. The van der Waals surface area contributed by atoms with E-state index in [1.54, 1.807) is 10.7 Å². The second kappa shape index (κ2) is 4.81. The molecule has 1 aromatic carbocycles. The molecule has 0 radical (unpaired) electrons. The summed E-state index contributed by atoms with van der Waals surface area (Å²) < 4.78 is 15.7. The van der Waals surface area contributed by atoms with Gasteiger partial charge in [-0.2, -0.15) is 8.73 Å². The van der Waals surface area contributed by atoms with Crippen molar-refractivity contribution in [1.82, 2.24) is 9.78 Å². The zero-order valence-corrected chi connectivity index (χ0v) is 13.0. The average molecular weight is 342 g/mol. The maximum Gasteiger partial charge on any atom is 0.151 e. The van der Waals surface area contributed by atoms with Crippen LogP contribution in [0.4, 0.5) is 17.2 Å². The Bertz CT molecular complexity index is 841. The van der Waals surface area contributed by atoms with E-state index in [1.807, 2.05) is 0 Å². The smallest absolute Gasteiger partial charge is 0.151 e. The maximum absolute atomic E-state index is 6.37. The lowest BCUT2D eigenvalue weighted by Crippen LogP contribution is -2.13. The Morgan fingerprint density at radius 1 is 1.24 bits per heavy atom. The van der Waals surface area contributed by atoms with E-state index in [4.69, 9.17) is 33.7 Å². The zero-order valence-electron chi connectivity index (χ0n) is 10.6. The van der Waals surface area contributed by atoms with Crippen molar-refractivity contribution in [3.63, 3.8) is 0 Å². The van der Waals surface area contributed by atoms with Crippen molar-refractivity contribution in [3.05, 3.63) is 27.4 Å². The van der Waals surface area contributed by atoms with Gasteiger partial charge in [-0.25, -0.2) is 4.68 Å². The van der Waals surface area contributed by atoms with E-state index in [9.17, 15) is 0 Å². The fourth-order valence-electron chi connectivity index (χ4n) is 2.51. The predicted molar refractivity (Wildman–Crippen MR) is 82.9 cm³/mol. The Morgan fingerprint density at radius 2 is 2.05 bits per heavy atom. The fourth-order valence-corrected chi connectivity index (χ4v) is 3.70. The number of hydrogen-bond donors (Lipinski definition) is 1. The molecule has 1 aromatic heterocycles. The molecule has 2 N–H and O–H groups in total. The first kappa shape index (κ1) is 13.3. The van der Waals surface area contributed by atoms with Crippen LogP contribution in [0, 0.1) is 0 Å². The molecule has 0 fully saturated rings. The van der Waals surface area contributed by atoms with Crippen LogP contribution in [0.25, 0.3) is 5.69 Å². The van der Waals surface area contributed by atoms with Crippen LogP contribution in [-0.2, 0) is 29.1 Å². The first-order valence-electron chi connectivity index (χ1n) is 6.21. The fraction of sp³-hybridized carbons (Fsp3) is 0.250. The van der Waals surface area contributed by atoms with Crippen molar-refractivity contribution in [2.45, 2.75) is 13.0 Å². The van der Waals surface area contributed by atoms with Crippen LogP contribution in [0.5, 0.6) is 0 Å². The second-order valence-electron chi connectivity index (χ2n) is 4.68. The van der Waals surface area contributed by atoms with Crippen LogP contribution in [0.3, 0.4) is 0 Å². The van der Waals surface area contributed by atoms with Gasteiger partial charge in [-0.3, -0.25) is 0 Å². The normalized spacial score (nSPS) is 15.7. The molecule has 0 bridgehead atoms. The summed E-state index contributed by atoms with van der Waals surface area (Å²) in [6.07, 6.45) is 0.720. The van der Waals surface area contributed by atoms with E-state index in [1.165, 1.54) is 0 Å². The lowest BCUT2D eigenvalue weighted by molar-refractivity contribution is 0.110. The van der Waals surface area contributed by atoms with Gasteiger partial charge in [0.2, 0.25) is 0 Å². The first-order valence-corrected chi connectivity index (χ1v) is 7.70. The number of aromatic nitrogens is 2. The van der Waals surface area contributed by atoms with Gasteiger partial charge >= 0.3 is 0 Å². The van der Waals surface area contributed by atoms with E-state index in [2.05, 4.69) is 13.8 Å². The summed E-state index contributed by atoms with van der Waals surface area (Å²) in [5.74, 6) is 0.451. The molecule has 2 aliphatic heterocycles. The molecule has 4 rings (SSSR count). The molecule has 0 amide bonds. The van der Waals surface area contributed by atoms with Crippen molar-refractivity contribution in [3.8, 4) is 5.69 Å². The number of nitrogen functional groups attached to an aromatic ring is 1. The molecular weight excluding hydrogens is 333 g/mol. The Kier molecular flexibility index (Phi) is 3.04. The first-order chi connectivity index (χ1) is 10.2. The minimum atomic E-state index is 0.451. The van der Waals surface area contributed by atoms with Gasteiger partial charge in [0.15, 0.2) is 5.82 Å². The molecule has 0 saturated heterocycles. The lowest BCUT2D eigenvalue weighted by atomic mass is 10.1. The summed E-state index contributed by atoms with van der Waals surface area (Å²) in [6, 6.07) is 1.66. The Balaban J connectivity index is 2.01. The molecule has 0 atom stereocenters. The SMILES string of the molecule is Nc1nn(-c2c(Cl)cc(Cl)c3c2N=S=N3)c2c1COCC2. The third kappa shape index (κ3) is 1.92. The van der Waals surface area contributed by atoms with Gasteiger partial charge in [-0.1, -0.05) is 23.2 Å². The quantitative estimate of drug-likeness (QED) is 0.734. The van der Waals surface area contributed by atoms with Crippen LogP contribution in [0.1, 0.15) is 11.3 Å². The monoisotopic (exact) mass is 341 g/mol. The number of nitrogens with two attached hydrogens (primary N) is 1. The van der Waals surface area contributed by atoms with E-state index in [0.717, 1.165) is 29.0 Å². The topological polar surface area (TPSA) is 77.8 Å². The summed E-state index contributed by atoms with van der Waals surface area (Å²) in [4.78, 5) is 0. The highest BCUT2D eigenvalue weighted by atomic mass is 35.5.